The average molecular weight is 260 g/mol. The molecule has 1 aliphatic rings. The number of carbonyl (C=O) groups is 1. The molecule has 19 heavy (non-hydrogen) atoms. The van der Waals surface area contributed by atoms with Crippen LogP contribution in [-0.2, 0) is 17.8 Å². The summed E-state index contributed by atoms with van der Waals surface area (Å²) in [4.78, 5) is 14.0. The number of hydrogen-bond donors (Lipinski definition) is 1. The summed E-state index contributed by atoms with van der Waals surface area (Å²) < 4.78 is 0. The number of carbonyl (C=O) groups excluding carboxylic acids is 1. The SMILES string of the molecule is CC(C)C(=O)NCC(C)N1CCc2ccccc2C1. The van der Waals surface area contributed by atoms with E-state index in [1.54, 1.807) is 0 Å². The normalized spacial score (nSPS) is 17.1. The molecule has 1 aromatic rings. The van der Waals surface area contributed by atoms with E-state index in [4.69, 9.17) is 0 Å². The Balaban J connectivity index is 1.88. The highest BCUT2D eigenvalue weighted by molar-refractivity contribution is 5.77. The maximum Gasteiger partial charge on any atom is 0.222 e. The molecule has 1 amide bonds. The summed E-state index contributed by atoms with van der Waals surface area (Å²) >= 11 is 0. The maximum atomic E-state index is 11.6. The first kappa shape index (κ1) is 14.1. The van der Waals surface area contributed by atoms with Crippen molar-refractivity contribution in [1.82, 2.24) is 10.2 Å². The highest BCUT2D eigenvalue weighted by Crippen LogP contribution is 2.19. The highest BCUT2D eigenvalue weighted by Gasteiger charge is 2.20. The van der Waals surface area contributed by atoms with Gasteiger partial charge in [0.15, 0.2) is 0 Å². The minimum absolute atomic E-state index is 0.0641. The fraction of sp³-hybridized carbons (Fsp3) is 0.562. The van der Waals surface area contributed by atoms with Crippen molar-refractivity contribution in [2.45, 2.75) is 39.8 Å². The maximum absolute atomic E-state index is 11.6. The van der Waals surface area contributed by atoms with E-state index in [0.29, 0.717) is 6.04 Å². The van der Waals surface area contributed by atoms with Crippen molar-refractivity contribution >= 4 is 5.91 Å². The molecule has 2 rings (SSSR count). The van der Waals surface area contributed by atoms with Crippen LogP contribution >= 0.6 is 0 Å². The van der Waals surface area contributed by atoms with E-state index >= 15 is 0 Å². The minimum atomic E-state index is 0.0641. The zero-order valence-electron chi connectivity index (χ0n) is 12.1. The van der Waals surface area contributed by atoms with Gasteiger partial charge in [-0.05, 0) is 24.5 Å². The molecule has 3 heteroatoms. The van der Waals surface area contributed by atoms with Gasteiger partial charge in [-0.1, -0.05) is 38.1 Å². The van der Waals surface area contributed by atoms with Gasteiger partial charge in [-0.3, -0.25) is 9.69 Å². The Bertz CT molecular complexity index is 442. The lowest BCUT2D eigenvalue weighted by molar-refractivity contribution is -0.124. The Labute approximate surface area is 116 Å². The van der Waals surface area contributed by atoms with Crippen LogP contribution in [0.25, 0.3) is 0 Å². The van der Waals surface area contributed by atoms with E-state index in [0.717, 1.165) is 26.1 Å². The summed E-state index contributed by atoms with van der Waals surface area (Å²) in [5.41, 5.74) is 2.90. The van der Waals surface area contributed by atoms with Crippen LogP contribution in [0.5, 0.6) is 0 Å². The molecule has 0 aliphatic carbocycles. The molecule has 0 bridgehead atoms. The molecular weight excluding hydrogens is 236 g/mol. The summed E-state index contributed by atoms with van der Waals surface area (Å²) in [5, 5.41) is 3.02. The van der Waals surface area contributed by atoms with Crippen molar-refractivity contribution in [1.29, 1.82) is 0 Å². The van der Waals surface area contributed by atoms with Crippen molar-refractivity contribution < 1.29 is 4.79 Å². The number of nitrogens with zero attached hydrogens (tertiary/aromatic N) is 1. The van der Waals surface area contributed by atoms with E-state index in [1.807, 2.05) is 13.8 Å². The molecule has 1 aliphatic heterocycles. The molecule has 1 atom stereocenters. The van der Waals surface area contributed by atoms with Gasteiger partial charge < -0.3 is 5.32 Å². The van der Waals surface area contributed by atoms with Gasteiger partial charge in [0.25, 0.3) is 0 Å². The number of fused-ring (bicyclic) bond motifs is 1. The Hall–Kier alpha value is -1.35. The van der Waals surface area contributed by atoms with E-state index < -0.39 is 0 Å². The van der Waals surface area contributed by atoms with Crippen molar-refractivity contribution in [3.8, 4) is 0 Å². The van der Waals surface area contributed by atoms with E-state index in [2.05, 4.69) is 41.4 Å². The van der Waals surface area contributed by atoms with Crippen LogP contribution in [0.2, 0.25) is 0 Å². The lowest BCUT2D eigenvalue weighted by Crippen LogP contribution is -2.45. The van der Waals surface area contributed by atoms with Gasteiger partial charge in [-0.25, -0.2) is 0 Å². The number of benzene rings is 1. The van der Waals surface area contributed by atoms with E-state index in [9.17, 15) is 4.79 Å². The summed E-state index contributed by atoms with van der Waals surface area (Å²) in [6.45, 7) is 8.85. The lowest BCUT2D eigenvalue weighted by Gasteiger charge is -2.33. The summed E-state index contributed by atoms with van der Waals surface area (Å²) in [6, 6.07) is 9.03. The van der Waals surface area contributed by atoms with Crippen molar-refractivity contribution in [3.63, 3.8) is 0 Å². The van der Waals surface area contributed by atoms with Gasteiger partial charge in [-0.15, -0.1) is 0 Å². The standard InChI is InChI=1S/C16H24N2O/c1-12(2)16(19)17-10-13(3)18-9-8-14-6-4-5-7-15(14)11-18/h4-7,12-13H,8-11H2,1-3H3,(H,17,19). The van der Waals surface area contributed by atoms with Gasteiger partial charge in [0.2, 0.25) is 5.91 Å². The molecule has 0 aromatic heterocycles. The third-order valence-electron chi connectivity index (χ3n) is 3.88. The second-order valence-corrected chi connectivity index (χ2v) is 5.74. The van der Waals surface area contributed by atoms with E-state index in [-0.39, 0.29) is 11.8 Å². The first-order valence-electron chi connectivity index (χ1n) is 7.16. The van der Waals surface area contributed by atoms with Crippen LogP contribution in [0.4, 0.5) is 0 Å². The largest absolute Gasteiger partial charge is 0.354 e. The van der Waals surface area contributed by atoms with Gasteiger partial charge in [0.05, 0.1) is 0 Å². The van der Waals surface area contributed by atoms with Gasteiger partial charge in [0.1, 0.15) is 0 Å². The number of hydrogen-bond acceptors (Lipinski definition) is 2. The number of nitrogens with one attached hydrogen (secondary N) is 1. The zero-order chi connectivity index (χ0) is 13.8. The lowest BCUT2D eigenvalue weighted by atomic mass is 9.99. The molecule has 0 fully saturated rings. The van der Waals surface area contributed by atoms with Crippen LogP contribution in [0.15, 0.2) is 24.3 Å². The minimum Gasteiger partial charge on any atom is -0.354 e. The second kappa shape index (κ2) is 6.20. The third kappa shape index (κ3) is 3.57. The topological polar surface area (TPSA) is 32.3 Å². The predicted molar refractivity (Wildman–Crippen MR) is 77.9 cm³/mol. The molecule has 104 valence electrons. The zero-order valence-corrected chi connectivity index (χ0v) is 12.1. The molecular formula is C16H24N2O. The predicted octanol–water partition coefficient (Wildman–Crippen LogP) is 2.21. The average Bonchev–Trinajstić information content (AvgIpc) is 2.43. The molecule has 1 aromatic carbocycles. The van der Waals surface area contributed by atoms with Gasteiger partial charge in [0, 0.05) is 31.6 Å². The van der Waals surface area contributed by atoms with Crippen molar-refractivity contribution in [2.75, 3.05) is 13.1 Å². The first-order chi connectivity index (χ1) is 9.08. The Morgan fingerprint density at radius 3 is 2.63 bits per heavy atom. The summed E-state index contributed by atoms with van der Waals surface area (Å²) in [6.07, 6.45) is 1.11. The van der Waals surface area contributed by atoms with Crippen LogP contribution in [0.1, 0.15) is 31.9 Å². The highest BCUT2D eigenvalue weighted by atomic mass is 16.1. The van der Waals surface area contributed by atoms with Crippen LogP contribution in [-0.4, -0.2) is 29.9 Å². The first-order valence-corrected chi connectivity index (χ1v) is 7.16. The molecule has 0 radical (unpaired) electrons. The molecule has 0 saturated heterocycles. The molecule has 0 spiro atoms. The van der Waals surface area contributed by atoms with Crippen LogP contribution in [0.3, 0.4) is 0 Å². The summed E-state index contributed by atoms with van der Waals surface area (Å²) in [7, 11) is 0. The van der Waals surface area contributed by atoms with Crippen molar-refractivity contribution in [2.24, 2.45) is 5.92 Å². The molecule has 1 heterocycles. The molecule has 1 unspecified atom stereocenters. The van der Waals surface area contributed by atoms with Crippen LogP contribution in [0, 0.1) is 5.92 Å². The fourth-order valence-corrected chi connectivity index (χ4v) is 2.48. The Morgan fingerprint density at radius 1 is 1.26 bits per heavy atom. The quantitative estimate of drug-likeness (QED) is 0.900. The van der Waals surface area contributed by atoms with Gasteiger partial charge in [-0.2, -0.15) is 0 Å². The fourth-order valence-electron chi connectivity index (χ4n) is 2.48. The smallest absolute Gasteiger partial charge is 0.222 e. The summed E-state index contributed by atoms with van der Waals surface area (Å²) in [5.74, 6) is 0.207. The number of amides is 1. The van der Waals surface area contributed by atoms with Crippen LogP contribution < -0.4 is 5.32 Å². The van der Waals surface area contributed by atoms with Crippen molar-refractivity contribution in [3.05, 3.63) is 35.4 Å². The monoisotopic (exact) mass is 260 g/mol. The second-order valence-electron chi connectivity index (χ2n) is 5.74. The third-order valence-corrected chi connectivity index (χ3v) is 3.88. The Morgan fingerprint density at radius 2 is 1.95 bits per heavy atom. The molecule has 3 nitrogen and oxygen atoms in total. The van der Waals surface area contributed by atoms with Gasteiger partial charge >= 0.3 is 0 Å². The van der Waals surface area contributed by atoms with E-state index in [1.165, 1.54) is 11.1 Å². The molecule has 0 saturated carbocycles. The number of rotatable bonds is 4. The molecule has 1 N–H and O–H groups in total. The Kier molecular flexibility index (Phi) is 4.59.